The van der Waals surface area contributed by atoms with Crippen molar-refractivity contribution in [3.8, 4) is 34.3 Å². The maximum absolute atomic E-state index is 10.3. The molecule has 0 atom stereocenters. The monoisotopic (exact) mass is 393 g/mol. The smallest absolute Gasteiger partial charge is 0.193 e. The van der Waals surface area contributed by atoms with Crippen LogP contribution in [-0.4, -0.2) is 31.1 Å². The van der Waals surface area contributed by atoms with Crippen molar-refractivity contribution in [3.05, 3.63) is 54.6 Å². The van der Waals surface area contributed by atoms with Crippen LogP contribution in [-0.2, 0) is 0 Å². The van der Waals surface area contributed by atoms with Gasteiger partial charge in [-0.1, -0.05) is 18.2 Å². The Balaban J connectivity index is 1.95. The number of fused-ring (bicyclic) bond motifs is 1. The lowest BCUT2D eigenvalue weighted by molar-refractivity contribution is 0.243. The predicted octanol–water partition coefficient (Wildman–Crippen LogP) is 4.57. The number of thiol groups is 1. The first-order valence-corrected chi connectivity index (χ1v) is 9.25. The number of benzene rings is 3. The molecule has 4 aromatic rings. The number of hydrogen-bond donors (Lipinski definition) is 3. The summed E-state index contributed by atoms with van der Waals surface area (Å²) in [6.45, 7) is 3.96. The first-order valence-electron chi connectivity index (χ1n) is 8.80. The first-order chi connectivity index (χ1) is 13.4. The average molecular weight is 393 g/mol. The summed E-state index contributed by atoms with van der Waals surface area (Å²) >= 11 is 4.47. The van der Waals surface area contributed by atoms with Crippen molar-refractivity contribution >= 4 is 23.4 Å². The zero-order valence-electron chi connectivity index (χ0n) is 15.4. The second-order valence-electron chi connectivity index (χ2n) is 6.69. The number of ether oxygens (including phenoxy) is 1. The molecule has 0 aliphatic heterocycles. The van der Waals surface area contributed by atoms with Crippen LogP contribution >= 0.6 is 12.6 Å². The van der Waals surface area contributed by atoms with E-state index in [1.165, 1.54) is 12.1 Å². The molecule has 3 aromatic carbocycles. The fraction of sp³-hybridized carbons (Fsp3) is 0.143. The molecule has 0 bridgehead atoms. The van der Waals surface area contributed by atoms with Crippen molar-refractivity contribution in [3.63, 3.8) is 0 Å². The second-order valence-corrected chi connectivity index (χ2v) is 7.09. The Morgan fingerprint density at radius 2 is 1.82 bits per heavy atom. The van der Waals surface area contributed by atoms with Crippen molar-refractivity contribution in [2.75, 3.05) is 0 Å². The largest absolute Gasteiger partial charge is 0.508 e. The molecule has 0 spiro atoms. The molecule has 0 saturated heterocycles. The molecule has 6 nitrogen and oxygen atoms in total. The zero-order valence-corrected chi connectivity index (χ0v) is 16.3. The van der Waals surface area contributed by atoms with Crippen molar-refractivity contribution in [1.29, 1.82) is 0 Å². The van der Waals surface area contributed by atoms with Gasteiger partial charge in [0.05, 0.1) is 17.4 Å². The normalized spacial score (nSPS) is 11.3. The van der Waals surface area contributed by atoms with Gasteiger partial charge in [0.15, 0.2) is 11.0 Å². The summed E-state index contributed by atoms with van der Waals surface area (Å²) in [5.74, 6) is 1.06. The number of rotatable bonds is 4. The van der Waals surface area contributed by atoms with Crippen molar-refractivity contribution in [2.24, 2.45) is 0 Å². The minimum atomic E-state index is -0.0916. The zero-order chi connectivity index (χ0) is 19.8. The number of phenolic OH excluding ortho intramolecular Hbond substituents is 2. The lowest BCUT2D eigenvalue weighted by Gasteiger charge is -2.15. The number of aromatic hydroxyl groups is 2. The van der Waals surface area contributed by atoms with Gasteiger partial charge in [0, 0.05) is 11.5 Å². The number of aromatic nitrogens is 3. The minimum Gasteiger partial charge on any atom is -0.508 e. The van der Waals surface area contributed by atoms with Gasteiger partial charge in [-0.3, -0.25) is 4.57 Å². The fourth-order valence-corrected chi connectivity index (χ4v) is 3.40. The molecular weight excluding hydrogens is 374 g/mol. The number of hydrogen-bond acceptors (Lipinski definition) is 6. The van der Waals surface area contributed by atoms with Crippen molar-refractivity contribution in [2.45, 2.75) is 25.1 Å². The third-order valence-electron chi connectivity index (χ3n) is 4.31. The van der Waals surface area contributed by atoms with Crippen molar-refractivity contribution in [1.82, 2.24) is 14.8 Å². The van der Waals surface area contributed by atoms with E-state index < -0.39 is 0 Å². The van der Waals surface area contributed by atoms with Crippen molar-refractivity contribution < 1.29 is 14.9 Å². The Morgan fingerprint density at radius 3 is 2.57 bits per heavy atom. The first kappa shape index (κ1) is 18.2. The van der Waals surface area contributed by atoms with E-state index in [1.54, 1.807) is 10.6 Å². The van der Waals surface area contributed by atoms with E-state index >= 15 is 0 Å². The third kappa shape index (κ3) is 3.25. The van der Waals surface area contributed by atoms with Gasteiger partial charge in [0.1, 0.15) is 17.2 Å². The lowest BCUT2D eigenvalue weighted by atomic mass is 10.1. The Hall–Kier alpha value is -3.19. The van der Waals surface area contributed by atoms with E-state index in [1.807, 2.05) is 50.2 Å². The van der Waals surface area contributed by atoms with Crippen LogP contribution in [0.5, 0.6) is 17.2 Å². The molecule has 0 aliphatic rings. The summed E-state index contributed by atoms with van der Waals surface area (Å²) in [6.07, 6.45) is 0.0597. The molecule has 2 N–H and O–H groups in total. The molecule has 4 rings (SSSR count). The summed E-state index contributed by atoms with van der Waals surface area (Å²) in [6, 6.07) is 16.1. The summed E-state index contributed by atoms with van der Waals surface area (Å²) in [5.41, 5.74) is 1.25. The van der Waals surface area contributed by atoms with E-state index in [-0.39, 0.29) is 17.6 Å². The summed E-state index contributed by atoms with van der Waals surface area (Å²) in [5, 5.41) is 30.5. The second kappa shape index (κ2) is 7.09. The van der Waals surface area contributed by atoms with E-state index in [9.17, 15) is 10.2 Å². The maximum atomic E-state index is 10.3. The van der Waals surface area contributed by atoms with Crippen LogP contribution in [0.1, 0.15) is 13.8 Å². The molecule has 0 amide bonds. The predicted molar refractivity (Wildman–Crippen MR) is 111 cm³/mol. The Morgan fingerprint density at radius 1 is 1.00 bits per heavy atom. The van der Waals surface area contributed by atoms with Crippen LogP contribution in [0.25, 0.3) is 27.8 Å². The third-order valence-corrected chi connectivity index (χ3v) is 4.60. The van der Waals surface area contributed by atoms with Crippen LogP contribution in [0.3, 0.4) is 0 Å². The minimum absolute atomic E-state index is 0.0287. The van der Waals surface area contributed by atoms with E-state index in [0.29, 0.717) is 16.5 Å². The van der Waals surface area contributed by atoms with Crippen LogP contribution in [0.2, 0.25) is 0 Å². The van der Waals surface area contributed by atoms with Gasteiger partial charge < -0.3 is 14.9 Å². The quantitative estimate of drug-likeness (QED) is 0.443. The SMILES string of the molecule is CC(C)Oc1ccc2cccc(-n3c(S)nnc3-c3ccc(O)cc3O)c2c1. The Labute approximate surface area is 167 Å². The highest BCUT2D eigenvalue weighted by Crippen LogP contribution is 2.35. The van der Waals surface area contributed by atoms with Crippen LogP contribution in [0.15, 0.2) is 59.8 Å². The molecule has 0 saturated carbocycles. The number of nitrogens with zero attached hydrogens (tertiary/aromatic N) is 3. The summed E-state index contributed by atoms with van der Waals surface area (Å²) in [7, 11) is 0. The van der Waals surface area contributed by atoms with E-state index in [4.69, 9.17) is 4.74 Å². The highest BCUT2D eigenvalue weighted by Gasteiger charge is 2.18. The molecule has 7 heteroatoms. The van der Waals surface area contributed by atoms with Gasteiger partial charge in [-0.05, 0) is 49.6 Å². The molecule has 1 aromatic heterocycles. The Bertz CT molecular complexity index is 1170. The van der Waals surface area contributed by atoms with Crippen LogP contribution in [0, 0.1) is 0 Å². The number of phenols is 2. The average Bonchev–Trinajstić information content (AvgIpc) is 3.02. The topological polar surface area (TPSA) is 80.4 Å². The lowest BCUT2D eigenvalue weighted by Crippen LogP contribution is -2.05. The highest BCUT2D eigenvalue weighted by molar-refractivity contribution is 7.80. The van der Waals surface area contributed by atoms with Crippen LogP contribution in [0.4, 0.5) is 0 Å². The molecule has 0 aliphatic carbocycles. The fourth-order valence-electron chi connectivity index (χ4n) is 3.16. The van der Waals surface area contributed by atoms with Gasteiger partial charge in [-0.2, -0.15) is 0 Å². The molecule has 0 fully saturated rings. The van der Waals surface area contributed by atoms with Crippen LogP contribution < -0.4 is 4.74 Å². The standard InChI is InChI=1S/C21H19N3O3S/c1-12(2)27-15-8-6-13-4-3-5-18(17(13)11-15)24-20(22-23-21(24)28)16-9-7-14(25)10-19(16)26/h3-12,25-26H,1-2H3,(H,23,28). The molecule has 28 heavy (non-hydrogen) atoms. The van der Waals surface area contributed by atoms with Gasteiger partial charge in [0.2, 0.25) is 0 Å². The van der Waals surface area contributed by atoms with Gasteiger partial charge in [0.25, 0.3) is 0 Å². The molecule has 0 unspecified atom stereocenters. The van der Waals surface area contributed by atoms with E-state index in [2.05, 4.69) is 22.8 Å². The molecule has 1 heterocycles. The highest BCUT2D eigenvalue weighted by atomic mass is 32.1. The molecule has 142 valence electrons. The van der Waals surface area contributed by atoms with Gasteiger partial charge in [-0.25, -0.2) is 0 Å². The summed E-state index contributed by atoms with van der Waals surface area (Å²) < 4.78 is 7.61. The van der Waals surface area contributed by atoms with Gasteiger partial charge >= 0.3 is 0 Å². The summed E-state index contributed by atoms with van der Waals surface area (Å²) in [4.78, 5) is 0. The maximum Gasteiger partial charge on any atom is 0.193 e. The van der Waals surface area contributed by atoms with Gasteiger partial charge in [-0.15, -0.1) is 22.8 Å². The molecule has 0 radical (unpaired) electrons. The molecular formula is C21H19N3O3S. The Kier molecular flexibility index (Phi) is 4.60. The van der Waals surface area contributed by atoms with E-state index in [0.717, 1.165) is 22.2 Å².